The van der Waals surface area contributed by atoms with Gasteiger partial charge in [0.25, 0.3) is 0 Å². The molecule has 0 spiro atoms. The number of halogens is 1. The third-order valence-corrected chi connectivity index (χ3v) is 5.92. The molecular weight excluding hydrogens is 460 g/mol. The minimum absolute atomic E-state index is 0.149. The van der Waals surface area contributed by atoms with E-state index in [2.05, 4.69) is 50.3 Å². The molecule has 0 fully saturated rings. The number of hydrogen-bond donors (Lipinski definition) is 1. The summed E-state index contributed by atoms with van der Waals surface area (Å²) in [5.41, 5.74) is 3.36. The zero-order valence-electron chi connectivity index (χ0n) is 18.1. The molecule has 3 aromatic rings. The Morgan fingerprint density at radius 2 is 2.16 bits per heavy atom. The number of carbonyl (C=O) groups is 1. The van der Waals surface area contributed by atoms with Crippen LogP contribution in [0.2, 0.25) is 0 Å². The van der Waals surface area contributed by atoms with Crippen LogP contribution in [0.4, 0.5) is 5.95 Å². The normalized spacial score (nSPS) is 15.8. The van der Waals surface area contributed by atoms with Crippen molar-refractivity contribution in [1.82, 2.24) is 24.6 Å². The molecular formula is C22H27BrN6O2. The first kappa shape index (κ1) is 21.9. The summed E-state index contributed by atoms with van der Waals surface area (Å²) in [6, 6.07) is 6.01. The molecule has 1 aliphatic carbocycles. The van der Waals surface area contributed by atoms with Gasteiger partial charge in [-0.15, -0.1) is 0 Å². The van der Waals surface area contributed by atoms with E-state index in [1.165, 1.54) is 0 Å². The van der Waals surface area contributed by atoms with Crippen LogP contribution in [-0.4, -0.2) is 71.3 Å². The topological polar surface area (TPSA) is 85.2 Å². The van der Waals surface area contributed by atoms with E-state index in [0.29, 0.717) is 36.9 Å². The molecule has 1 N–H and O–H groups in total. The summed E-state index contributed by atoms with van der Waals surface area (Å²) in [5.74, 6) is 0.242. The number of benzene rings is 1. The SMILES string of the molecule is COCCn1cc2c(C3C(=O)Cc4ccc(Br)cc43)nc(NCCCN(C)C)nc2n1. The first-order valence-electron chi connectivity index (χ1n) is 10.4. The van der Waals surface area contributed by atoms with Crippen LogP contribution in [0.15, 0.2) is 28.9 Å². The number of ketones is 1. The van der Waals surface area contributed by atoms with Gasteiger partial charge in [-0.05, 0) is 50.3 Å². The number of aromatic nitrogens is 4. The van der Waals surface area contributed by atoms with Crippen molar-refractivity contribution < 1.29 is 9.53 Å². The predicted molar refractivity (Wildman–Crippen MR) is 124 cm³/mol. The smallest absolute Gasteiger partial charge is 0.225 e. The fourth-order valence-corrected chi connectivity index (χ4v) is 4.31. The number of anilines is 1. The van der Waals surface area contributed by atoms with Gasteiger partial charge >= 0.3 is 0 Å². The number of Topliss-reactive ketones (excluding diaryl/α,β-unsaturated/α-hetero) is 1. The van der Waals surface area contributed by atoms with Crippen molar-refractivity contribution in [3.63, 3.8) is 0 Å². The molecule has 1 aliphatic rings. The van der Waals surface area contributed by atoms with Gasteiger partial charge in [-0.25, -0.2) is 4.98 Å². The van der Waals surface area contributed by atoms with Crippen molar-refractivity contribution in [2.75, 3.05) is 46.2 Å². The molecule has 1 unspecified atom stereocenters. The number of ether oxygens (including phenoxy) is 1. The van der Waals surface area contributed by atoms with Crippen molar-refractivity contribution in [3.05, 3.63) is 45.7 Å². The highest BCUT2D eigenvalue weighted by molar-refractivity contribution is 9.10. The van der Waals surface area contributed by atoms with E-state index in [1.807, 2.05) is 29.1 Å². The summed E-state index contributed by atoms with van der Waals surface area (Å²) < 4.78 is 7.95. The molecule has 0 saturated carbocycles. The monoisotopic (exact) mass is 486 g/mol. The van der Waals surface area contributed by atoms with E-state index in [9.17, 15) is 4.79 Å². The lowest BCUT2D eigenvalue weighted by Crippen LogP contribution is -2.18. The van der Waals surface area contributed by atoms with Crippen molar-refractivity contribution in [2.45, 2.75) is 25.3 Å². The molecule has 0 aliphatic heterocycles. The van der Waals surface area contributed by atoms with E-state index in [1.54, 1.807) is 7.11 Å². The van der Waals surface area contributed by atoms with E-state index >= 15 is 0 Å². The van der Waals surface area contributed by atoms with Crippen LogP contribution in [-0.2, 0) is 22.5 Å². The molecule has 0 amide bonds. The second-order valence-corrected chi connectivity index (χ2v) is 8.97. The Hall–Kier alpha value is -2.36. The van der Waals surface area contributed by atoms with Gasteiger partial charge in [0.1, 0.15) is 0 Å². The fourth-order valence-electron chi connectivity index (χ4n) is 3.93. The van der Waals surface area contributed by atoms with Crippen molar-refractivity contribution in [3.8, 4) is 0 Å². The highest BCUT2D eigenvalue weighted by atomic mass is 79.9. The lowest BCUT2D eigenvalue weighted by Gasteiger charge is -2.14. The molecule has 31 heavy (non-hydrogen) atoms. The van der Waals surface area contributed by atoms with E-state index in [-0.39, 0.29) is 5.78 Å². The van der Waals surface area contributed by atoms with Gasteiger partial charge in [0.05, 0.1) is 30.1 Å². The lowest BCUT2D eigenvalue weighted by atomic mass is 9.95. The highest BCUT2D eigenvalue weighted by Gasteiger charge is 2.35. The molecule has 8 nitrogen and oxygen atoms in total. The van der Waals surface area contributed by atoms with Crippen molar-refractivity contribution in [2.24, 2.45) is 0 Å². The Morgan fingerprint density at radius 1 is 1.32 bits per heavy atom. The second kappa shape index (κ2) is 9.42. The number of rotatable bonds is 9. The number of fused-ring (bicyclic) bond motifs is 2. The van der Waals surface area contributed by atoms with Crippen LogP contribution in [0.5, 0.6) is 0 Å². The van der Waals surface area contributed by atoms with Crippen LogP contribution in [0.3, 0.4) is 0 Å². The summed E-state index contributed by atoms with van der Waals surface area (Å²) in [4.78, 5) is 24.6. The Morgan fingerprint density at radius 3 is 2.94 bits per heavy atom. The molecule has 2 aromatic heterocycles. The Kier molecular flexibility index (Phi) is 6.64. The third kappa shape index (κ3) is 4.78. The van der Waals surface area contributed by atoms with Gasteiger partial charge in [-0.1, -0.05) is 22.0 Å². The largest absolute Gasteiger partial charge is 0.383 e. The van der Waals surface area contributed by atoms with Crippen LogP contribution in [0, 0.1) is 0 Å². The molecule has 0 saturated heterocycles. The number of carbonyl (C=O) groups excluding carboxylic acids is 1. The summed E-state index contributed by atoms with van der Waals surface area (Å²) in [5, 5.41) is 8.74. The van der Waals surface area contributed by atoms with E-state index < -0.39 is 5.92 Å². The molecule has 1 aromatic carbocycles. The average molecular weight is 487 g/mol. The molecule has 0 bridgehead atoms. The number of methoxy groups -OCH3 is 1. The average Bonchev–Trinajstić information content (AvgIpc) is 3.28. The summed E-state index contributed by atoms with van der Waals surface area (Å²) in [6.45, 7) is 2.87. The van der Waals surface area contributed by atoms with Crippen molar-refractivity contribution >= 4 is 38.7 Å². The minimum Gasteiger partial charge on any atom is -0.383 e. The standard InChI is InChI=1S/C22H27BrN6O2/c1-28(2)8-4-7-24-22-25-20(17-13-29(9-10-31-3)27-21(17)26-22)19-16-12-15(23)6-5-14(16)11-18(19)30/h5-6,12-13,19H,4,7-11H2,1-3H3,(H,24,26,27). The van der Waals surface area contributed by atoms with Crippen LogP contribution >= 0.6 is 15.9 Å². The third-order valence-electron chi connectivity index (χ3n) is 5.43. The van der Waals surface area contributed by atoms with E-state index in [4.69, 9.17) is 9.72 Å². The van der Waals surface area contributed by atoms with Gasteiger partial charge in [0.15, 0.2) is 11.4 Å². The Bertz CT molecular complexity index is 1100. The zero-order valence-corrected chi connectivity index (χ0v) is 19.6. The second-order valence-electron chi connectivity index (χ2n) is 8.06. The first-order valence-corrected chi connectivity index (χ1v) is 11.2. The molecule has 164 valence electrons. The Labute approximate surface area is 190 Å². The molecule has 2 heterocycles. The maximum absolute atomic E-state index is 13.1. The van der Waals surface area contributed by atoms with Gasteiger partial charge in [0.2, 0.25) is 5.95 Å². The fraction of sp³-hybridized carbons (Fsp3) is 0.455. The summed E-state index contributed by atoms with van der Waals surface area (Å²) in [7, 11) is 5.76. The van der Waals surface area contributed by atoms with Crippen LogP contribution < -0.4 is 5.32 Å². The highest BCUT2D eigenvalue weighted by Crippen LogP contribution is 2.39. The van der Waals surface area contributed by atoms with Crippen LogP contribution in [0.25, 0.3) is 11.0 Å². The number of hydrogen-bond acceptors (Lipinski definition) is 7. The predicted octanol–water partition coefficient (Wildman–Crippen LogP) is 2.86. The molecule has 4 rings (SSSR count). The van der Waals surface area contributed by atoms with Crippen LogP contribution in [0.1, 0.15) is 29.2 Å². The number of nitrogens with zero attached hydrogens (tertiary/aromatic N) is 5. The van der Waals surface area contributed by atoms with E-state index in [0.717, 1.165) is 40.5 Å². The maximum atomic E-state index is 13.1. The number of nitrogens with one attached hydrogen (secondary N) is 1. The summed E-state index contributed by atoms with van der Waals surface area (Å²) in [6.07, 6.45) is 3.30. The maximum Gasteiger partial charge on any atom is 0.225 e. The Balaban J connectivity index is 1.74. The molecule has 9 heteroatoms. The van der Waals surface area contributed by atoms with Crippen molar-refractivity contribution in [1.29, 1.82) is 0 Å². The first-order chi connectivity index (χ1) is 15.0. The molecule has 0 radical (unpaired) electrons. The minimum atomic E-state index is -0.416. The quantitative estimate of drug-likeness (QED) is 0.465. The van der Waals surface area contributed by atoms with Gasteiger partial charge in [-0.3, -0.25) is 9.48 Å². The lowest BCUT2D eigenvalue weighted by molar-refractivity contribution is -0.118. The zero-order chi connectivity index (χ0) is 22.0. The van der Waals surface area contributed by atoms with Gasteiger partial charge in [0, 0.05) is 30.7 Å². The molecule has 1 atom stereocenters. The van der Waals surface area contributed by atoms with Gasteiger partial charge in [-0.2, -0.15) is 10.1 Å². The summed E-state index contributed by atoms with van der Waals surface area (Å²) >= 11 is 3.54. The van der Waals surface area contributed by atoms with Gasteiger partial charge < -0.3 is 15.0 Å².